The van der Waals surface area contributed by atoms with Gasteiger partial charge in [-0.25, -0.2) is 4.39 Å². The van der Waals surface area contributed by atoms with Crippen LogP contribution >= 0.6 is 0 Å². The molecule has 0 N–H and O–H groups in total. The first-order valence-corrected chi connectivity index (χ1v) is 10.5. The van der Waals surface area contributed by atoms with Gasteiger partial charge in [-0.3, -0.25) is 4.79 Å². The minimum Gasteiger partial charge on any atom is -0.496 e. The molecule has 1 aliphatic heterocycles. The number of benzene rings is 2. The lowest BCUT2D eigenvalue weighted by Crippen LogP contribution is -2.50. The quantitative estimate of drug-likeness (QED) is 0.545. The summed E-state index contributed by atoms with van der Waals surface area (Å²) >= 11 is 0. The third-order valence-electron chi connectivity index (χ3n) is 5.43. The van der Waals surface area contributed by atoms with Gasteiger partial charge in [0, 0.05) is 49.9 Å². The molecule has 1 aromatic heterocycles. The number of methoxy groups -OCH3 is 2. The predicted molar refractivity (Wildman–Crippen MR) is 121 cm³/mol. The fourth-order valence-corrected chi connectivity index (χ4v) is 3.55. The summed E-state index contributed by atoms with van der Waals surface area (Å²) in [4.78, 5) is 16.5. The fourth-order valence-electron chi connectivity index (χ4n) is 3.55. The van der Waals surface area contributed by atoms with Crippen LogP contribution in [0.15, 0.2) is 54.6 Å². The van der Waals surface area contributed by atoms with Crippen molar-refractivity contribution in [2.45, 2.75) is 0 Å². The molecule has 172 valence electrons. The number of hydrogen-bond donors (Lipinski definition) is 0. The molecule has 1 fully saturated rings. The number of nitrogens with zero attached hydrogens (tertiary/aromatic N) is 4. The molecule has 0 bridgehead atoms. The maximum absolute atomic E-state index is 13.1. The standard InChI is InChI=1S/C24H25FN4O4/c1-31-19-13-20(32-2)15-21(14-19)33-16-24(30)29-11-9-28(10-12-29)23-8-7-22(26-27-23)17-3-5-18(25)6-4-17/h3-8,13-15H,9-12,16H2,1-2H3. The van der Waals surface area contributed by atoms with Crippen molar-refractivity contribution in [3.05, 3.63) is 60.4 Å². The summed E-state index contributed by atoms with van der Waals surface area (Å²) in [5.41, 5.74) is 1.48. The largest absolute Gasteiger partial charge is 0.496 e. The normalized spacial score (nSPS) is 13.5. The summed E-state index contributed by atoms with van der Waals surface area (Å²) in [5.74, 6) is 2.06. The highest BCUT2D eigenvalue weighted by Crippen LogP contribution is 2.27. The number of amides is 1. The molecule has 0 aliphatic carbocycles. The van der Waals surface area contributed by atoms with Gasteiger partial charge in [0.1, 0.15) is 23.1 Å². The third kappa shape index (κ3) is 5.49. The van der Waals surface area contributed by atoms with E-state index in [9.17, 15) is 9.18 Å². The highest BCUT2D eigenvalue weighted by molar-refractivity contribution is 5.78. The molecule has 3 aromatic rings. The average molecular weight is 452 g/mol. The maximum atomic E-state index is 13.1. The lowest BCUT2D eigenvalue weighted by Gasteiger charge is -2.35. The Kier molecular flexibility index (Phi) is 6.87. The summed E-state index contributed by atoms with van der Waals surface area (Å²) in [6, 6.07) is 15.1. The van der Waals surface area contributed by atoms with Gasteiger partial charge in [-0.2, -0.15) is 0 Å². The van der Waals surface area contributed by atoms with Crippen LogP contribution in [0, 0.1) is 5.82 Å². The van der Waals surface area contributed by atoms with E-state index in [0.717, 1.165) is 11.4 Å². The van der Waals surface area contributed by atoms with Crippen molar-refractivity contribution in [1.82, 2.24) is 15.1 Å². The van der Waals surface area contributed by atoms with E-state index in [-0.39, 0.29) is 18.3 Å². The summed E-state index contributed by atoms with van der Waals surface area (Å²) in [6.45, 7) is 2.34. The SMILES string of the molecule is COc1cc(OC)cc(OCC(=O)N2CCN(c3ccc(-c4ccc(F)cc4)nn3)CC2)c1. The molecule has 1 aliphatic rings. The number of piperazine rings is 1. The topological polar surface area (TPSA) is 77.0 Å². The summed E-state index contributed by atoms with van der Waals surface area (Å²) in [5, 5.41) is 8.57. The highest BCUT2D eigenvalue weighted by Gasteiger charge is 2.22. The van der Waals surface area contributed by atoms with Gasteiger partial charge in [0.2, 0.25) is 0 Å². The van der Waals surface area contributed by atoms with E-state index in [0.29, 0.717) is 49.1 Å². The first-order chi connectivity index (χ1) is 16.1. The first-order valence-electron chi connectivity index (χ1n) is 10.5. The van der Waals surface area contributed by atoms with Gasteiger partial charge < -0.3 is 24.0 Å². The molecule has 0 atom stereocenters. The van der Waals surface area contributed by atoms with Crippen molar-refractivity contribution in [2.24, 2.45) is 0 Å². The molecule has 0 saturated carbocycles. The maximum Gasteiger partial charge on any atom is 0.260 e. The van der Waals surface area contributed by atoms with Gasteiger partial charge in [0.05, 0.1) is 19.9 Å². The molecule has 9 heteroatoms. The van der Waals surface area contributed by atoms with Gasteiger partial charge in [-0.1, -0.05) is 0 Å². The van der Waals surface area contributed by atoms with Crippen LogP contribution in [0.1, 0.15) is 0 Å². The van der Waals surface area contributed by atoms with Crippen LogP contribution in [0.25, 0.3) is 11.3 Å². The van der Waals surface area contributed by atoms with Crippen LogP contribution < -0.4 is 19.1 Å². The fraction of sp³-hybridized carbons (Fsp3) is 0.292. The Morgan fingerprint density at radius 3 is 2.09 bits per heavy atom. The van der Waals surface area contributed by atoms with Crippen LogP contribution in [-0.4, -0.2) is 68.0 Å². The second kappa shape index (κ2) is 10.2. The van der Waals surface area contributed by atoms with Crippen LogP contribution in [0.4, 0.5) is 10.2 Å². The Bertz CT molecular complexity index is 1060. The number of aromatic nitrogens is 2. The van der Waals surface area contributed by atoms with Gasteiger partial charge in [0.15, 0.2) is 12.4 Å². The lowest BCUT2D eigenvalue weighted by atomic mass is 10.1. The minimum atomic E-state index is -0.288. The van der Waals surface area contributed by atoms with Crippen molar-refractivity contribution >= 4 is 11.7 Å². The van der Waals surface area contributed by atoms with Crippen LogP contribution in [0.3, 0.4) is 0 Å². The number of hydrogen-bond acceptors (Lipinski definition) is 7. The Hall–Kier alpha value is -3.88. The third-order valence-corrected chi connectivity index (χ3v) is 5.43. The van der Waals surface area contributed by atoms with E-state index in [4.69, 9.17) is 14.2 Å². The molecule has 8 nitrogen and oxygen atoms in total. The molecular formula is C24H25FN4O4. The summed E-state index contributed by atoms with van der Waals surface area (Å²) in [6.07, 6.45) is 0. The zero-order chi connectivity index (χ0) is 23.2. The van der Waals surface area contributed by atoms with Gasteiger partial charge >= 0.3 is 0 Å². The molecule has 1 amide bonds. The smallest absolute Gasteiger partial charge is 0.260 e. The molecule has 2 aromatic carbocycles. The van der Waals surface area contributed by atoms with Crippen molar-refractivity contribution < 1.29 is 23.4 Å². The molecule has 4 rings (SSSR count). The number of carbonyl (C=O) groups is 1. The van der Waals surface area contributed by atoms with Crippen LogP contribution in [0.2, 0.25) is 0 Å². The Balaban J connectivity index is 1.29. The number of carbonyl (C=O) groups excluding carboxylic acids is 1. The van der Waals surface area contributed by atoms with Gasteiger partial charge in [0.25, 0.3) is 5.91 Å². The predicted octanol–water partition coefficient (Wildman–Crippen LogP) is 3.03. The van der Waals surface area contributed by atoms with Crippen molar-refractivity contribution in [3.8, 4) is 28.5 Å². The number of halogens is 1. The zero-order valence-electron chi connectivity index (χ0n) is 18.5. The highest BCUT2D eigenvalue weighted by atomic mass is 19.1. The lowest BCUT2D eigenvalue weighted by molar-refractivity contribution is -0.133. The Morgan fingerprint density at radius 2 is 1.52 bits per heavy atom. The van der Waals surface area contributed by atoms with E-state index < -0.39 is 0 Å². The molecule has 2 heterocycles. The molecular weight excluding hydrogens is 427 g/mol. The molecule has 0 spiro atoms. The zero-order valence-corrected chi connectivity index (χ0v) is 18.5. The molecule has 0 unspecified atom stereocenters. The van der Waals surface area contributed by atoms with Crippen molar-refractivity contribution in [2.75, 3.05) is 51.9 Å². The second-order valence-corrected chi connectivity index (χ2v) is 7.49. The van der Waals surface area contributed by atoms with Crippen molar-refractivity contribution in [1.29, 1.82) is 0 Å². The average Bonchev–Trinajstić information content (AvgIpc) is 2.87. The first kappa shape index (κ1) is 22.3. The monoisotopic (exact) mass is 452 g/mol. The molecule has 1 saturated heterocycles. The minimum absolute atomic E-state index is 0.0670. The molecule has 0 radical (unpaired) electrons. The Labute approximate surface area is 191 Å². The number of ether oxygens (including phenoxy) is 3. The second-order valence-electron chi connectivity index (χ2n) is 7.49. The van der Waals surface area contributed by atoms with Crippen molar-refractivity contribution in [3.63, 3.8) is 0 Å². The van der Waals surface area contributed by atoms with E-state index in [1.807, 2.05) is 12.1 Å². The Morgan fingerprint density at radius 1 is 0.879 bits per heavy atom. The van der Waals surface area contributed by atoms with E-state index in [1.165, 1.54) is 12.1 Å². The van der Waals surface area contributed by atoms with Gasteiger partial charge in [-0.05, 0) is 36.4 Å². The summed E-state index contributed by atoms with van der Waals surface area (Å²) in [7, 11) is 3.12. The van der Waals surface area contributed by atoms with Crippen LogP contribution in [0.5, 0.6) is 17.2 Å². The number of anilines is 1. The van der Waals surface area contributed by atoms with Crippen LogP contribution in [-0.2, 0) is 4.79 Å². The summed E-state index contributed by atoms with van der Waals surface area (Å²) < 4.78 is 29.2. The number of rotatable bonds is 7. The van der Waals surface area contributed by atoms with Gasteiger partial charge in [-0.15, -0.1) is 10.2 Å². The van der Waals surface area contributed by atoms with E-state index >= 15 is 0 Å². The molecule has 33 heavy (non-hydrogen) atoms. The van der Waals surface area contributed by atoms with E-state index in [2.05, 4.69) is 15.1 Å². The van der Waals surface area contributed by atoms with E-state index in [1.54, 1.807) is 49.5 Å².